The SMILES string of the molecule is CCCN(CC(=O)OC)Cc1ccc(C(N)=O)cc1. The average Bonchev–Trinajstić information content (AvgIpc) is 2.39. The summed E-state index contributed by atoms with van der Waals surface area (Å²) in [7, 11) is 1.38. The van der Waals surface area contributed by atoms with Crippen molar-refractivity contribution in [3.8, 4) is 0 Å². The van der Waals surface area contributed by atoms with Crippen LogP contribution in [0.2, 0.25) is 0 Å². The van der Waals surface area contributed by atoms with Gasteiger partial charge in [0.15, 0.2) is 0 Å². The summed E-state index contributed by atoms with van der Waals surface area (Å²) in [6.45, 7) is 3.77. The summed E-state index contributed by atoms with van der Waals surface area (Å²) in [5.74, 6) is -0.686. The van der Waals surface area contributed by atoms with Gasteiger partial charge in [-0.25, -0.2) is 0 Å². The van der Waals surface area contributed by atoms with E-state index in [1.807, 2.05) is 17.0 Å². The van der Waals surface area contributed by atoms with Crippen LogP contribution in [0.4, 0.5) is 0 Å². The maximum Gasteiger partial charge on any atom is 0.319 e. The van der Waals surface area contributed by atoms with Crippen molar-refractivity contribution in [1.82, 2.24) is 4.90 Å². The molecule has 1 rings (SSSR count). The largest absolute Gasteiger partial charge is 0.468 e. The molecule has 1 aromatic rings. The third-order valence-corrected chi connectivity index (χ3v) is 2.76. The molecule has 0 aliphatic carbocycles. The fourth-order valence-corrected chi connectivity index (χ4v) is 1.81. The standard InChI is InChI=1S/C14H20N2O3/c1-3-8-16(10-13(17)19-2)9-11-4-6-12(7-5-11)14(15)18/h4-7H,3,8-10H2,1-2H3,(H2,15,18). The summed E-state index contributed by atoms with van der Waals surface area (Å²) in [6, 6.07) is 7.08. The Bertz CT molecular complexity index is 429. The number of ether oxygens (including phenoxy) is 1. The summed E-state index contributed by atoms with van der Waals surface area (Å²) >= 11 is 0. The van der Waals surface area contributed by atoms with Gasteiger partial charge in [0, 0.05) is 12.1 Å². The van der Waals surface area contributed by atoms with Gasteiger partial charge in [-0.1, -0.05) is 19.1 Å². The van der Waals surface area contributed by atoms with Gasteiger partial charge < -0.3 is 10.5 Å². The lowest BCUT2D eigenvalue weighted by atomic mass is 10.1. The van der Waals surface area contributed by atoms with Crippen LogP contribution in [-0.4, -0.2) is 37.0 Å². The number of carbonyl (C=O) groups excluding carboxylic acids is 2. The number of benzene rings is 1. The van der Waals surface area contributed by atoms with Gasteiger partial charge in [0.1, 0.15) is 0 Å². The number of hydrogen-bond donors (Lipinski definition) is 1. The molecule has 0 spiro atoms. The van der Waals surface area contributed by atoms with E-state index in [0.717, 1.165) is 18.5 Å². The van der Waals surface area contributed by atoms with Gasteiger partial charge in [0.2, 0.25) is 5.91 Å². The second-order valence-electron chi connectivity index (χ2n) is 4.35. The highest BCUT2D eigenvalue weighted by atomic mass is 16.5. The summed E-state index contributed by atoms with van der Waals surface area (Å²) in [5, 5.41) is 0. The van der Waals surface area contributed by atoms with Crippen LogP contribution in [0.5, 0.6) is 0 Å². The van der Waals surface area contributed by atoms with E-state index in [1.54, 1.807) is 12.1 Å². The summed E-state index contributed by atoms with van der Waals surface area (Å²) < 4.78 is 4.67. The minimum Gasteiger partial charge on any atom is -0.468 e. The molecule has 2 N–H and O–H groups in total. The topological polar surface area (TPSA) is 72.6 Å². The Balaban J connectivity index is 2.67. The van der Waals surface area contributed by atoms with Crippen molar-refractivity contribution in [3.63, 3.8) is 0 Å². The monoisotopic (exact) mass is 264 g/mol. The lowest BCUT2D eigenvalue weighted by Gasteiger charge is -2.20. The predicted octanol–water partition coefficient (Wildman–Crippen LogP) is 1.17. The molecule has 0 bridgehead atoms. The lowest BCUT2D eigenvalue weighted by molar-refractivity contribution is -0.142. The summed E-state index contributed by atoms with van der Waals surface area (Å²) in [5.41, 5.74) is 6.70. The maximum absolute atomic E-state index is 11.3. The van der Waals surface area contributed by atoms with Crippen LogP contribution >= 0.6 is 0 Å². The van der Waals surface area contributed by atoms with E-state index in [1.165, 1.54) is 7.11 Å². The Labute approximate surface area is 113 Å². The van der Waals surface area contributed by atoms with Gasteiger partial charge in [0.25, 0.3) is 0 Å². The molecule has 0 radical (unpaired) electrons. The van der Waals surface area contributed by atoms with Crippen LogP contribution in [-0.2, 0) is 16.1 Å². The highest BCUT2D eigenvalue weighted by Crippen LogP contribution is 2.08. The molecule has 1 amide bonds. The molecule has 5 nitrogen and oxygen atoms in total. The molecule has 0 aliphatic heterocycles. The van der Waals surface area contributed by atoms with Gasteiger partial charge in [0.05, 0.1) is 13.7 Å². The molecule has 1 aromatic carbocycles. The Kier molecular flexibility index (Phi) is 6.02. The molecule has 19 heavy (non-hydrogen) atoms. The first kappa shape index (κ1) is 15.2. The van der Waals surface area contributed by atoms with E-state index in [-0.39, 0.29) is 12.5 Å². The Morgan fingerprint density at radius 2 is 1.89 bits per heavy atom. The van der Waals surface area contributed by atoms with Gasteiger partial charge >= 0.3 is 5.97 Å². The first-order chi connectivity index (χ1) is 9.06. The average molecular weight is 264 g/mol. The number of esters is 1. The lowest BCUT2D eigenvalue weighted by Crippen LogP contribution is -2.30. The number of hydrogen-bond acceptors (Lipinski definition) is 4. The second-order valence-corrected chi connectivity index (χ2v) is 4.35. The third-order valence-electron chi connectivity index (χ3n) is 2.76. The van der Waals surface area contributed by atoms with E-state index in [9.17, 15) is 9.59 Å². The van der Waals surface area contributed by atoms with Crippen molar-refractivity contribution in [2.24, 2.45) is 5.73 Å². The van der Waals surface area contributed by atoms with Gasteiger partial charge in [-0.2, -0.15) is 0 Å². The van der Waals surface area contributed by atoms with Gasteiger partial charge in [-0.15, -0.1) is 0 Å². The minimum absolute atomic E-state index is 0.248. The highest BCUT2D eigenvalue weighted by Gasteiger charge is 2.11. The zero-order chi connectivity index (χ0) is 14.3. The van der Waals surface area contributed by atoms with E-state index in [4.69, 9.17) is 5.73 Å². The number of amides is 1. The number of nitrogens with zero attached hydrogens (tertiary/aromatic N) is 1. The molecule has 0 atom stereocenters. The highest BCUT2D eigenvalue weighted by molar-refractivity contribution is 5.92. The van der Waals surface area contributed by atoms with Crippen molar-refractivity contribution in [1.29, 1.82) is 0 Å². The van der Waals surface area contributed by atoms with Crippen LogP contribution in [0, 0.1) is 0 Å². The van der Waals surface area contributed by atoms with E-state index in [2.05, 4.69) is 11.7 Å². The van der Waals surface area contributed by atoms with Crippen molar-refractivity contribution < 1.29 is 14.3 Å². The molecule has 0 saturated heterocycles. The quantitative estimate of drug-likeness (QED) is 0.750. The third kappa shape index (κ3) is 5.09. The molecule has 0 unspecified atom stereocenters. The number of rotatable bonds is 7. The first-order valence-electron chi connectivity index (χ1n) is 6.24. The summed E-state index contributed by atoms with van der Waals surface area (Å²) in [4.78, 5) is 24.3. The van der Waals surface area contributed by atoms with Crippen LogP contribution in [0.25, 0.3) is 0 Å². The van der Waals surface area contributed by atoms with Crippen molar-refractivity contribution in [2.75, 3.05) is 20.2 Å². The van der Waals surface area contributed by atoms with Crippen LogP contribution in [0.3, 0.4) is 0 Å². The molecule has 0 aromatic heterocycles. The molecule has 0 saturated carbocycles. The van der Waals surface area contributed by atoms with Crippen LogP contribution in [0.1, 0.15) is 29.3 Å². The second kappa shape index (κ2) is 7.53. The molecule has 104 valence electrons. The summed E-state index contributed by atoms with van der Waals surface area (Å²) in [6.07, 6.45) is 0.955. The molecule has 0 heterocycles. The van der Waals surface area contributed by atoms with E-state index >= 15 is 0 Å². The normalized spacial score (nSPS) is 10.5. The zero-order valence-electron chi connectivity index (χ0n) is 11.4. The molecule has 0 aliphatic rings. The molecule has 0 fully saturated rings. The van der Waals surface area contributed by atoms with Gasteiger partial charge in [-0.05, 0) is 30.7 Å². The van der Waals surface area contributed by atoms with Crippen molar-refractivity contribution in [2.45, 2.75) is 19.9 Å². The fraction of sp³-hybridized carbons (Fsp3) is 0.429. The molecular formula is C14H20N2O3. The van der Waals surface area contributed by atoms with E-state index < -0.39 is 5.91 Å². The van der Waals surface area contributed by atoms with Crippen molar-refractivity contribution in [3.05, 3.63) is 35.4 Å². The van der Waals surface area contributed by atoms with Crippen molar-refractivity contribution >= 4 is 11.9 Å². The van der Waals surface area contributed by atoms with Crippen LogP contribution < -0.4 is 5.73 Å². The number of carbonyl (C=O) groups is 2. The molecular weight excluding hydrogens is 244 g/mol. The van der Waals surface area contributed by atoms with Crippen LogP contribution in [0.15, 0.2) is 24.3 Å². The minimum atomic E-state index is -0.438. The van der Waals surface area contributed by atoms with E-state index in [0.29, 0.717) is 12.1 Å². The predicted molar refractivity (Wildman–Crippen MR) is 72.5 cm³/mol. The first-order valence-corrected chi connectivity index (χ1v) is 6.24. The Hall–Kier alpha value is -1.88. The Morgan fingerprint density at radius 3 is 2.37 bits per heavy atom. The number of methoxy groups -OCH3 is 1. The zero-order valence-corrected chi connectivity index (χ0v) is 11.4. The fourth-order valence-electron chi connectivity index (χ4n) is 1.81. The number of nitrogens with two attached hydrogens (primary N) is 1. The Morgan fingerprint density at radius 1 is 1.26 bits per heavy atom. The number of primary amides is 1. The van der Waals surface area contributed by atoms with Gasteiger partial charge in [-0.3, -0.25) is 14.5 Å². The molecule has 5 heteroatoms. The maximum atomic E-state index is 11.3. The smallest absolute Gasteiger partial charge is 0.319 e.